The Labute approximate surface area is 304 Å². The number of hydrogen-bond donors (Lipinski definition) is 0. The summed E-state index contributed by atoms with van der Waals surface area (Å²) in [5.74, 6) is 20.0. The molecule has 0 heterocycles. The van der Waals surface area contributed by atoms with E-state index in [9.17, 15) is 0 Å². The van der Waals surface area contributed by atoms with E-state index in [-0.39, 0.29) is 0 Å². The van der Waals surface area contributed by atoms with Crippen molar-refractivity contribution in [3.63, 3.8) is 0 Å². The van der Waals surface area contributed by atoms with Crippen molar-refractivity contribution in [3.05, 3.63) is 0 Å². The minimum absolute atomic E-state index is 0.601. The minimum Gasteiger partial charge on any atom is -0.0594 e. The van der Waals surface area contributed by atoms with Gasteiger partial charge in [-0.05, 0) is 221 Å². The molecule has 10 fully saturated rings. The highest BCUT2D eigenvalue weighted by atomic mass is 14.6. The van der Waals surface area contributed by atoms with Crippen molar-refractivity contribution >= 4 is 0 Å². The Hall–Kier alpha value is 0. The highest BCUT2D eigenvalue weighted by Gasteiger charge is 2.60. The first kappa shape index (κ1) is 33.6. The van der Waals surface area contributed by atoms with Gasteiger partial charge in [0, 0.05) is 0 Å². The van der Waals surface area contributed by atoms with Crippen molar-refractivity contribution in [2.24, 2.45) is 112 Å². The Balaban J connectivity index is 0.835. The Kier molecular flexibility index (Phi) is 9.38. The molecule has 18 unspecified atom stereocenters. The maximum absolute atomic E-state index is 2.84. The lowest BCUT2D eigenvalue weighted by Crippen LogP contribution is -2.51. The second kappa shape index (κ2) is 13.7. The first-order chi connectivity index (χ1) is 24.1. The maximum Gasteiger partial charge on any atom is -0.0292 e. The Morgan fingerprint density at radius 1 is 0.245 bits per heavy atom. The van der Waals surface area contributed by atoms with Crippen LogP contribution in [0.5, 0.6) is 0 Å². The Morgan fingerprint density at radius 2 is 0.571 bits per heavy atom. The van der Waals surface area contributed by atoms with Crippen LogP contribution in [-0.2, 0) is 0 Å². The molecule has 10 aliphatic carbocycles. The summed E-state index contributed by atoms with van der Waals surface area (Å²) in [5.41, 5.74) is 0.601. The number of rotatable bonds is 3. The summed E-state index contributed by atoms with van der Waals surface area (Å²) in [7, 11) is 0. The van der Waals surface area contributed by atoms with Gasteiger partial charge in [0.1, 0.15) is 0 Å². The van der Waals surface area contributed by atoms with Gasteiger partial charge < -0.3 is 0 Å². The first-order valence-corrected chi connectivity index (χ1v) is 24.1. The smallest absolute Gasteiger partial charge is 0.0292 e. The molecule has 10 saturated carbocycles. The van der Waals surface area contributed by atoms with E-state index < -0.39 is 0 Å². The quantitative estimate of drug-likeness (QED) is 0.281. The lowest BCUT2D eigenvalue weighted by atomic mass is 9.46. The molecule has 0 bridgehead atoms. The molecule has 0 amide bonds. The van der Waals surface area contributed by atoms with Gasteiger partial charge in [0.05, 0.1) is 0 Å². The largest absolute Gasteiger partial charge is 0.0594 e. The van der Waals surface area contributed by atoms with Crippen molar-refractivity contribution in [3.8, 4) is 0 Å². The van der Waals surface area contributed by atoms with Gasteiger partial charge in [-0.3, -0.25) is 0 Å². The van der Waals surface area contributed by atoms with E-state index in [4.69, 9.17) is 0 Å². The van der Waals surface area contributed by atoms with Gasteiger partial charge in [-0.1, -0.05) is 84.5 Å². The monoisotopic (exact) mass is 669 g/mol. The Bertz CT molecular complexity index is 1120. The number of hydrogen-bond acceptors (Lipinski definition) is 0. The highest BCUT2D eigenvalue weighted by molar-refractivity contribution is 5.09. The van der Waals surface area contributed by atoms with Crippen molar-refractivity contribution in [1.29, 1.82) is 0 Å². The Morgan fingerprint density at radius 3 is 1.08 bits per heavy atom. The average Bonchev–Trinajstić information content (AvgIpc) is 3.39. The highest BCUT2D eigenvalue weighted by Crippen LogP contribution is 2.68. The lowest BCUT2D eigenvalue weighted by Gasteiger charge is -2.59. The fourth-order valence-corrected chi connectivity index (χ4v) is 19.4. The average molecular weight is 669 g/mol. The molecule has 0 saturated heterocycles. The molecule has 0 radical (unpaired) electrons. The van der Waals surface area contributed by atoms with Crippen LogP contribution in [0, 0.1) is 112 Å². The molecule has 0 N–H and O–H groups in total. The molecular weight excluding hydrogens is 589 g/mol. The summed E-state index contributed by atoms with van der Waals surface area (Å²) >= 11 is 0. The van der Waals surface area contributed by atoms with Crippen molar-refractivity contribution in [2.45, 2.75) is 194 Å². The van der Waals surface area contributed by atoms with Crippen LogP contribution >= 0.6 is 0 Å². The van der Waals surface area contributed by atoms with E-state index in [0.717, 1.165) is 107 Å². The van der Waals surface area contributed by atoms with Crippen LogP contribution in [0.15, 0.2) is 0 Å². The zero-order valence-corrected chi connectivity index (χ0v) is 32.7. The van der Waals surface area contributed by atoms with Crippen LogP contribution in [-0.4, -0.2) is 0 Å². The van der Waals surface area contributed by atoms with Crippen molar-refractivity contribution in [2.75, 3.05) is 0 Å². The van der Waals surface area contributed by atoms with Crippen LogP contribution in [0.25, 0.3) is 0 Å². The minimum atomic E-state index is 0.601. The van der Waals surface area contributed by atoms with E-state index >= 15 is 0 Å². The van der Waals surface area contributed by atoms with Crippen molar-refractivity contribution in [1.82, 2.24) is 0 Å². The van der Waals surface area contributed by atoms with Crippen LogP contribution < -0.4 is 0 Å². The van der Waals surface area contributed by atoms with Gasteiger partial charge in [0.25, 0.3) is 0 Å². The van der Waals surface area contributed by atoms with Crippen LogP contribution in [0.2, 0.25) is 0 Å². The van der Waals surface area contributed by atoms with Gasteiger partial charge >= 0.3 is 0 Å². The third-order valence-electron chi connectivity index (χ3n) is 21.1. The van der Waals surface area contributed by atoms with E-state index in [0.29, 0.717) is 5.41 Å². The molecule has 49 heavy (non-hydrogen) atoms. The van der Waals surface area contributed by atoms with Gasteiger partial charge in [-0.2, -0.15) is 0 Å². The zero-order valence-electron chi connectivity index (χ0n) is 32.7. The molecule has 0 nitrogen and oxygen atoms in total. The molecule has 0 aromatic heterocycles. The SMILES string of the molecule is CC1(C)C2CC(C3CCCC4CCCCC43)CCC2C2CCC(C3CCCCC3C3CCC4C5CCCCC5C5CCCCC5C4C3)CC21. The lowest BCUT2D eigenvalue weighted by molar-refractivity contribution is -0.0991. The van der Waals surface area contributed by atoms with E-state index in [1.807, 2.05) is 0 Å². The predicted molar refractivity (Wildman–Crippen MR) is 206 cm³/mol. The fraction of sp³-hybridized carbons (Fsp3) is 1.00. The molecular formula is C49H80. The number of fused-ring (bicyclic) bond motifs is 10. The molecule has 18 atom stereocenters. The van der Waals surface area contributed by atoms with E-state index in [1.54, 1.807) is 180 Å². The topological polar surface area (TPSA) is 0 Å². The van der Waals surface area contributed by atoms with E-state index in [2.05, 4.69) is 13.8 Å². The summed E-state index contributed by atoms with van der Waals surface area (Å²) in [6.45, 7) is 5.68. The summed E-state index contributed by atoms with van der Waals surface area (Å²) in [6.07, 6.45) is 45.0. The molecule has 0 aromatic carbocycles. The normalized spacial score (nSPS) is 55.5. The molecule has 10 aliphatic rings. The summed E-state index contributed by atoms with van der Waals surface area (Å²) < 4.78 is 0. The molecule has 0 heteroatoms. The van der Waals surface area contributed by atoms with Gasteiger partial charge in [0.15, 0.2) is 0 Å². The third kappa shape index (κ3) is 5.74. The fourth-order valence-electron chi connectivity index (χ4n) is 19.4. The second-order valence-corrected chi connectivity index (χ2v) is 22.5. The molecule has 0 aliphatic heterocycles. The third-order valence-corrected chi connectivity index (χ3v) is 21.1. The molecule has 0 aromatic rings. The van der Waals surface area contributed by atoms with Crippen LogP contribution in [0.3, 0.4) is 0 Å². The standard InChI is InChI=1S/C49H80/c1-49(2)47-29-33(23-26-44(47)45-27-24-34(30-48(45)49)38-21-11-13-31-12-3-4-14-35(31)38)37-16-6-5-15-36(37)32-22-25-43-41-19-8-7-17-39(41)40-18-9-10-20-42(40)46(43)28-32/h31-48H,3-30H2,1-2H3. The molecule has 10 rings (SSSR count). The maximum atomic E-state index is 2.84. The predicted octanol–water partition coefficient (Wildman–Crippen LogP) is 14.2. The second-order valence-electron chi connectivity index (χ2n) is 22.5. The molecule has 0 spiro atoms. The summed E-state index contributed by atoms with van der Waals surface area (Å²) in [6, 6.07) is 0. The van der Waals surface area contributed by atoms with Crippen molar-refractivity contribution < 1.29 is 0 Å². The first-order valence-electron chi connectivity index (χ1n) is 24.1. The summed E-state index contributed by atoms with van der Waals surface area (Å²) in [5, 5.41) is 0. The van der Waals surface area contributed by atoms with Gasteiger partial charge in [-0.15, -0.1) is 0 Å². The zero-order chi connectivity index (χ0) is 32.7. The molecule has 276 valence electrons. The van der Waals surface area contributed by atoms with Gasteiger partial charge in [0.2, 0.25) is 0 Å². The van der Waals surface area contributed by atoms with E-state index in [1.165, 1.54) is 0 Å². The van der Waals surface area contributed by atoms with Crippen LogP contribution in [0.1, 0.15) is 194 Å². The van der Waals surface area contributed by atoms with Gasteiger partial charge in [-0.25, -0.2) is 0 Å². The van der Waals surface area contributed by atoms with Crippen LogP contribution in [0.4, 0.5) is 0 Å². The summed E-state index contributed by atoms with van der Waals surface area (Å²) in [4.78, 5) is 0.